The van der Waals surface area contributed by atoms with Gasteiger partial charge in [-0.05, 0) is 47.9 Å². The number of carbonyl (C=O) groups is 2. The van der Waals surface area contributed by atoms with Crippen LogP contribution < -0.4 is 5.32 Å². The highest BCUT2D eigenvalue weighted by Gasteiger charge is 2.28. The van der Waals surface area contributed by atoms with Crippen molar-refractivity contribution in [2.75, 3.05) is 13.1 Å². The summed E-state index contributed by atoms with van der Waals surface area (Å²) in [5.41, 5.74) is 4.20. The summed E-state index contributed by atoms with van der Waals surface area (Å²) < 4.78 is 6.94. The summed E-state index contributed by atoms with van der Waals surface area (Å²) in [4.78, 5) is 31.1. The predicted octanol–water partition coefficient (Wildman–Crippen LogP) is 3.49. The molecule has 1 fully saturated rings. The van der Waals surface area contributed by atoms with E-state index >= 15 is 0 Å². The van der Waals surface area contributed by atoms with Crippen molar-refractivity contribution in [1.29, 1.82) is 0 Å². The number of nitrogens with one attached hydrogen (secondary N) is 1. The van der Waals surface area contributed by atoms with Crippen LogP contribution in [-0.2, 0) is 6.54 Å². The number of benzene rings is 1. The lowest BCUT2D eigenvalue weighted by Gasteiger charge is -2.16. The van der Waals surface area contributed by atoms with E-state index in [0.29, 0.717) is 24.2 Å². The molecule has 1 saturated heterocycles. The Kier molecular flexibility index (Phi) is 5.00. The molecule has 31 heavy (non-hydrogen) atoms. The van der Waals surface area contributed by atoms with Crippen molar-refractivity contribution in [2.24, 2.45) is 0 Å². The maximum atomic E-state index is 12.5. The number of fused-ring (bicyclic) bond motifs is 1. The summed E-state index contributed by atoms with van der Waals surface area (Å²) in [7, 11) is 0. The molecule has 3 aromatic heterocycles. The van der Waals surface area contributed by atoms with Gasteiger partial charge in [-0.15, -0.1) is 0 Å². The van der Waals surface area contributed by atoms with E-state index in [1.165, 1.54) is 12.5 Å². The monoisotopic (exact) mass is 414 g/mol. The van der Waals surface area contributed by atoms with E-state index in [1.807, 2.05) is 58.1 Å². The fourth-order valence-corrected chi connectivity index (χ4v) is 4.04. The van der Waals surface area contributed by atoms with Crippen LogP contribution in [0.2, 0.25) is 0 Å². The van der Waals surface area contributed by atoms with Gasteiger partial charge in [0.25, 0.3) is 11.8 Å². The van der Waals surface area contributed by atoms with Crippen LogP contribution >= 0.6 is 0 Å². The Morgan fingerprint density at radius 2 is 1.97 bits per heavy atom. The predicted molar refractivity (Wildman–Crippen MR) is 115 cm³/mol. The van der Waals surface area contributed by atoms with Crippen LogP contribution in [0.5, 0.6) is 0 Å². The lowest BCUT2D eigenvalue weighted by atomic mass is 9.97. The minimum atomic E-state index is -0.113. The van der Waals surface area contributed by atoms with Crippen LogP contribution in [0, 0.1) is 0 Å². The van der Waals surface area contributed by atoms with Crippen LogP contribution in [0.15, 0.2) is 78.0 Å². The first-order valence-corrected chi connectivity index (χ1v) is 10.3. The third-order valence-electron chi connectivity index (χ3n) is 5.80. The normalized spacial score (nSPS) is 16.0. The molecule has 1 aliphatic heterocycles. The molecule has 1 atom stereocenters. The van der Waals surface area contributed by atoms with Gasteiger partial charge in [0.1, 0.15) is 11.9 Å². The Labute approximate surface area is 179 Å². The SMILES string of the molecule is O=C(NCc1ccn2ccnc2c1)c1ccc(C2CCN(C(=O)c3ccoc3)C2)cc1. The van der Waals surface area contributed by atoms with Crippen LogP contribution in [0.25, 0.3) is 5.65 Å². The summed E-state index contributed by atoms with van der Waals surface area (Å²) in [5.74, 6) is 0.160. The standard InChI is InChI=1S/C24H22N4O3/c29-23(26-14-17-5-9-27-11-8-25-22(27)13-17)19-3-1-18(2-4-19)20-6-10-28(15-20)24(30)21-7-12-31-16-21/h1-5,7-9,11-13,16,20H,6,10,14-15H2,(H,26,29). The Morgan fingerprint density at radius 3 is 2.77 bits per heavy atom. The number of carbonyl (C=O) groups excluding carboxylic acids is 2. The maximum Gasteiger partial charge on any atom is 0.257 e. The van der Waals surface area contributed by atoms with Crippen molar-refractivity contribution in [3.05, 3.63) is 95.8 Å². The molecule has 0 spiro atoms. The van der Waals surface area contributed by atoms with E-state index in [0.717, 1.165) is 29.7 Å². The highest BCUT2D eigenvalue weighted by atomic mass is 16.3. The molecule has 1 unspecified atom stereocenters. The second kappa shape index (κ2) is 8.10. The number of rotatable bonds is 5. The molecule has 0 aliphatic carbocycles. The van der Waals surface area contributed by atoms with Gasteiger partial charge in [0.15, 0.2) is 0 Å². The summed E-state index contributed by atoms with van der Waals surface area (Å²) in [6.45, 7) is 1.83. The van der Waals surface area contributed by atoms with E-state index < -0.39 is 0 Å². The topological polar surface area (TPSA) is 79.9 Å². The first kappa shape index (κ1) is 19.1. The quantitative estimate of drug-likeness (QED) is 0.542. The van der Waals surface area contributed by atoms with Gasteiger partial charge in [0.2, 0.25) is 0 Å². The number of pyridine rings is 1. The lowest BCUT2D eigenvalue weighted by molar-refractivity contribution is 0.0789. The number of amides is 2. The molecule has 1 aliphatic rings. The number of hydrogen-bond acceptors (Lipinski definition) is 4. The fraction of sp³-hybridized carbons (Fsp3) is 0.208. The average Bonchev–Trinajstić information content (AvgIpc) is 3.58. The van der Waals surface area contributed by atoms with Crippen LogP contribution in [0.3, 0.4) is 0 Å². The summed E-state index contributed by atoms with van der Waals surface area (Å²) in [5, 5.41) is 2.96. The Hall–Kier alpha value is -3.87. The molecular formula is C24H22N4O3. The largest absolute Gasteiger partial charge is 0.472 e. The van der Waals surface area contributed by atoms with Gasteiger partial charge in [0, 0.05) is 49.7 Å². The number of furan rings is 1. The van der Waals surface area contributed by atoms with E-state index in [-0.39, 0.29) is 17.7 Å². The van der Waals surface area contributed by atoms with Crippen LogP contribution in [0.1, 0.15) is 44.2 Å². The van der Waals surface area contributed by atoms with Gasteiger partial charge >= 0.3 is 0 Å². The van der Waals surface area contributed by atoms with Gasteiger partial charge in [-0.1, -0.05) is 12.1 Å². The molecule has 4 aromatic rings. The first-order valence-electron chi connectivity index (χ1n) is 10.3. The fourth-order valence-electron chi connectivity index (χ4n) is 4.04. The van der Waals surface area contributed by atoms with Gasteiger partial charge in [0.05, 0.1) is 11.8 Å². The summed E-state index contributed by atoms with van der Waals surface area (Å²) in [6, 6.07) is 13.3. The zero-order chi connectivity index (χ0) is 21.2. The minimum Gasteiger partial charge on any atom is -0.472 e. The molecule has 0 bridgehead atoms. The third-order valence-corrected chi connectivity index (χ3v) is 5.80. The molecular weight excluding hydrogens is 392 g/mol. The molecule has 0 radical (unpaired) electrons. The number of nitrogens with zero attached hydrogens (tertiary/aromatic N) is 3. The molecule has 7 heteroatoms. The zero-order valence-corrected chi connectivity index (χ0v) is 16.9. The zero-order valence-electron chi connectivity index (χ0n) is 16.9. The molecule has 7 nitrogen and oxygen atoms in total. The van der Waals surface area contributed by atoms with Crippen molar-refractivity contribution >= 4 is 17.5 Å². The average molecular weight is 414 g/mol. The highest BCUT2D eigenvalue weighted by molar-refractivity contribution is 5.94. The maximum absolute atomic E-state index is 12.5. The molecule has 5 rings (SSSR count). The van der Waals surface area contributed by atoms with E-state index in [1.54, 1.807) is 12.3 Å². The minimum absolute atomic E-state index is 0.000726. The van der Waals surface area contributed by atoms with Crippen molar-refractivity contribution in [1.82, 2.24) is 19.6 Å². The smallest absolute Gasteiger partial charge is 0.257 e. The van der Waals surface area contributed by atoms with Crippen molar-refractivity contribution in [3.63, 3.8) is 0 Å². The Morgan fingerprint density at radius 1 is 1.10 bits per heavy atom. The molecule has 0 saturated carbocycles. The van der Waals surface area contributed by atoms with Gasteiger partial charge in [-0.3, -0.25) is 9.59 Å². The van der Waals surface area contributed by atoms with E-state index in [9.17, 15) is 9.59 Å². The molecule has 1 N–H and O–H groups in total. The highest BCUT2D eigenvalue weighted by Crippen LogP contribution is 2.28. The Bertz CT molecular complexity index is 1210. The van der Waals surface area contributed by atoms with E-state index in [4.69, 9.17) is 4.42 Å². The van der Waals surface area contributed by atoms with Crippen molar-refractivity contribution in [2.45, 2.75) is 18.9 Å². The lowest BCUT2D eigenvalue weighted by Crippen LogP contribution is -2.28. The van der Waals surface area contributed by atoms with Crippen LogP contribution in [-0.4, -0.2) is 39.2 Å². The van der Waals surface area contributed by atoms with E-state index in [2.05, 4.69) is 10.3 Å². The van der Waals surface area contributed by atoms with Crippen molar-refractivity contribution < 1.29 is 14.0 Å². The van der Waals surface area contributed by atoms with Crippen molar-refractivity contribution in [3.8, 4) is 0 Å². The first-order chi connectivity index (χ1) is 15.2. The number of aromatic nitrogens is 2. The molecule has 2 amide bonds. The van der Waals surface area contributed by atoms with Gasteiger partial charge in [-0.2, -0.15) is 0 Å². The third kappa shape index (κ3) is 3.94. The number of likely N-dealkylation sites (tertiary alicyclic amines) is 1. The van der Waals surface area contributed by atoms with Gasteiger partial charge < -0.3 is 19.0 Å². The Balaban J connectivity index is 1.18. The molecule has 1 aromatic carbocycles. The van der Waals surface area contributed by atoms with Gasteiger partial charge in [-0.25, -0.2) is 4.98 Å². The number of imidazole rings is 1. The van der Waals surface area contributed by atoms with Crippen LogP contribution in [0.4, 0.5) is 0 Å². The summed E-state index contributed by atoms with van der Waals surface area (Å²) in [6.07, 6.45) is 9.47. The second-order valence-electron chi connectivity index (χ2n) is 7.78. The second-order valence-corrected chi connectivity index (χ2v) is 7.78. The molecule has 4 heterocycles. The molecule has 156 valence electrons. The summed E-state index contributed by atoms with van der Waals surface area (Å²) >= 11 is 0. The number of hydrogen-bond donors (Lipinski definition) is 1.